The van der Waals surface area contributed by atoms with Crippen LogP contribution in [0.2, 0.25) is 0 Å². The van der Waals surface area contributed by atoms with E-state index in [2.05, 4.69) is 0 Å². The van der Waals surface area contributed by atoms with Gasteiger partial charge in [-0.2, -0.15) is 0 Å². The monoisotopic (exact) mass is 341 g/mol. The van der Waals surface area contributed by atoms with E-state index in [0.717, 1.165) is 16.3 Å². The summed E-state index contributed by atoms with van der Waals surface area (Å²) in [6.45, 7) is 0. The molecule has 0 bridgehead atoms. The van der Waals surface area contributed by atoms with Gasteiger partial charge in [0, 0.05) is 16.5 Å². The third-order valence-electron chi connectivity index (χ3n) is 4.08. The molecule has 6 heteroatoms. The van der Waals surface area contributed by atoms with Crippen LogP contribution >= 0.6 is 7.60 Å². The van der Waals surface area contributed by atoms with Gasteiger partial charge in [0.25, 0.3) is 0 Å². The molecule has 1 heterocycles. The molecule has 4 rings (SSSR count). The first kappa shape index (κ1) is 15.1. The average molecular weight is 341 g/mol. The van der Waals surface area contributed by atoms with Crippen molar-refractivity contribution in [2.45, 2.75) is 0 Å². The maximum Gasteiger partial charge on any atom is 0.356 e. The molecule has 0 aliphatic heterocycles. The summed E-state index contributed by atoms with van der Waals surface area (Å²) in [7, 11) is -4.29. The first-order valence-electron chi connectivity index (χ1n) is 7.30. The van der Waals surface area contributed by atoms with Crippen LogP contribution in [0.3, 0.4) is 0 Å². The molecule has 120 valence electrons. The second-order valence-electron chi connectivity index (χ2n) is 5.57. The van der Waals surface area contributed by atoms with Crippen LogP contribution in [0.5, 0.6) is 0 Å². The molecule has 0 aliphatic carbocycles. The molecule has 2 N–H and O–H groups in total. The molecule has 4 nitrogen and oxygen atoms in total. The largest absolute Gasteiger partial charge is 0.356 e. The molecule has 0 fully saturated rings. The van der Waals surface area contributed by atoms with Gasteiger partial charge >= 0.3 is 7.60 Å². The molecular weight excluding hydrogens is 328 g/mol. The van der Waals surface area contributed by atoms with Crippen LogP contribution in [0.1, 0.15) is 0 Å². The summed E-state index contributed by atoms with van der Waals surface area (Å²) in [5.74, 6) is -0.335. The zero-order chi connectivity index (χ0) is 16.9. The third kappa shape index (κ3) is 2.34. The molecule has 0 aliphatic rings. The van der Waals surface area contributed by atoms with Gasteiger partial charge in [-0.25, -0.2) is 4.39 Å². The quantitative estimate of drug-likeness (QED) is 0.546. The Morgan fingerprint density at radius 2 is 1.50 bits per heavy atom. The van der Waals surface area contributed by atoms with Gasteiger partial charge in [-0.1, -0.05) is 18.2 Å². The minimum atomic E-state index is -4.29. The number of rotatable bonds is 2. The van der Waals surface area contributed by atoms with Gasteiger partial charge in [-0.3, -0.25) is 4.57 Å². The normalized spacial score (nSPS) is 12.1. The van der Waals surface area contributed by atoms with Gasteiger partial charge < -0.3 is 14.4 Å². The number of halogens is 1. The fourth-order valence-electron chi connectivity index (χ4n) is 3.02. The minimum absolute atomic E-state index is 0.0433. The van der Waals surface area contributed by atoms with Crippen molar-refractivity contribution in [3.8, 4) is 5.69 Å². The lowest BCUT2D eigenvalue weighted by Gasteiger charge is -2.09. The van der Waals surface area contributed by atoms with Crippen LogP contribution < -0.4 is 5.30 Å². The first-order chi connectivity index (χ1) is 11.4. The Morgan fingerprint density at radius 3 is 2.21 bits per heavy atom. The van der Waals surface area contributed by atoms with Gasteiger partial charge in [0.15, 0.2) is 0 Å². The number of hydrogen-bond acceptors (Lipinski definition) is 1. The van der Waals surface area contributed by atoms with Crippen molar-refractivity contribution < 1.29 is 18.7 Å². The minimum Gasteiger partial charge on any atom is -0.321 e. The highest BCUT2D eigenvalue weighted by atomic mass is 31.2. The van der Waals surface area contributed by atoms with Crippen molar-refractivity contribution in [2.24, 2.45) is 0 Å². The molecule has 0 unspecified atom stereocenters. The SMILES string of the molecule is O=P(O)(O)c1ccc(-n2c3ccccc3c3ccc(F)cc32)cc1. The number of nitrogens with zero attached hydrogens (tertiary/aromatic N) is 1. The van der Waals surface area contributed by atoms with Crippen LogP contribution in [-0.2, 0) is 4.57 Å². The maximum atomic E-state index is 13.8. The van der Waals surface area contributed by atoms with Crippen molar-refractivity contribution >= 4 is 34.7 Å². The van der Waals surface area contributed by atoms with Gasteiger partial charge in [0.05, 0.1) is 16.3 Å². The topological polar surface area (TPSA) is 62.5 Å². The summed E-state index contributed by atoms with van der Waals surface area (Å²) in [4.78, 5) is 18.5. The first-order valence-corrected chi connectivity index (χ1v) is 8.92. The van der Waals surface area contributed by atoms with Crippen molar-refractivity contribution in [3.63, 3.8) is 0 Å². The fraction of sp³-hybridized carbons (Fsp3) is 0. The second-order valence-corrected chi connectivity index (χ2v) is 7.18. The Kier molecular flexibility index (Phi) is 3.32. The lowest BCUT2D eigenvalue weighted by molar-refractivity contribution is 0.387. The molecule has 0 saturated carbocycles. The molecule has 0 atom stereocenters. The number of fused-ring (bicyclic) bond motifs is 3. The molecule has 24 heavy (non-hydrogen) atoms. The highest BCUT2D eigenvalue weighted by Crippen LogP contribution is 2.35. The molecule has 3 aromatic carbocycles. The number of para-hydroxylation sites is 1. The molecule has 0 radical (unpaired) electrons. The van der Waals surface area contributed by atoms with Crippen LogP contribution in [0.25, 0.3) is 27.5 Å². The average Bonchev–Trinajstić information content (AvgIpc) is 2.87. The zero-order valence-corrected chi connectivity index (χ0v) is 13.3. The predicted molar refractivity (Wildman–Crippen MR) is 92.4 cm³/mol. The summed E-state index contributed by atoms with van der Waals surface area (Å²) >= 11 is 0. The second kappa shape index (κ2) is 5.28. The van der Waals surface area contributed by atoms with E-state index in [4.69, 9.17) is 0 Å². The van der Waals surface area contributed by atoms with Crippen LogP contribution in [-0.4, -0.2) is 14.4 Å². The molecule has 0 saturated heterocycles. The smallest absolute Gasteiger partial charge is 0.321 e. The summed E-state index contributed by atoms with van der Waals surface area (Å²) in [6, 6.07) is 18.4. The summed E-state index contributed by atoms with van der Waals surface area (Å²) in [5, 5.41) is 1.87. The standard InChI is InChI=1S/C18H13FNO3P/c19-12-5-10-16-15-3-1-2-4-17(15)20(18(16)11-12)13-6-8-14(9-7-13)24(21,22)23/h1-11H,(H2,21,22,23). The van der Waals surface area contributed by atoms with E-state index >= 15 is 0 Å². The lowest BCUT2D eigenvalue weighted by atomic mass is 10.1. The Hall–Kier alpha value is -2.46. The Balaban J connectivity index is 2.04. The highest BCUT2D eigenvalue weighted by Gasteiger charge is 2.17. The van der Waals surface area contributed by atoms with E-state index < -0.39 is 7.60 Å². The molecule has 1 aromatic heterocycles. The molecule has 0 spiro atoms. The van der Waals surface area contributed by atoms with Crippen molar-refractivity contribution in [1.29, 1.82) is 0 Å². The van der Waals surface area contributed by atoms with E-state index in [0.29, 0.717) is 11.2 Å². The van der Waals surface area contributed by atoms with Crippen LogP contribution in [0.15, 0.2) is 66.7 Å². The van der Waals surface area contributed by atoms with Crippen LogP contribution in [0.4, 0.5) is 4.39 Å². The Bertz CT molecular complexity index is 1110. The molecule has 0 amide bonds. The summed E-state index contributed by atoms with van der Waals surface area (Å²) < 4.78 is 27.0. The van der Waals surface area contributed by atoms with Crippen molar-refractivity contribution in [1.82, 2.24) is 4.57 Å². The number of hydrogen-bond donors (Lipinski definition) is 2. The van der Waals surface area contributed by atoms with E-state index in [1.54, 1.807) is 18.2 Å². The van der Waals surface area contributed by atoms with Gasteiger partial charge in [0.2, 0.25) is 0 Å². The molecular formula is C18H13FNO3P. The fourth-order valence-corrected chi connectivity index (χ4v) is 3.56. The highest BCUT2D eigenvalue weighted by molar-refractivity contribution is 7.60. The van der Waals surface area contributed by atoms with Gasteiger partial charge in [-0.05, 0) is 48.5 Å². The lowest BCUT2D eigenvalue weighted by Crippen LogP contribution is -2.04. The van der Waals surface area contributed by atoms with E-state index in [1.807, 2.05) is 28.8 Å². The Labute approximate surface area is 136 Å². The van der Waals surface area contributed by atoms with Crippen molar-refractivity contribution in [3.05, 3.63) is 72.5 Å². The third-order valence-corrected chi connectivity index (χ3v) is 5.05. The molecule has 4 aromatic rings. The van der Waals surface area contributed by atoms with Gasteiger partial charge in [0.1, 0.15) is 5.82 Å². The summed E-state index contributed by atoms with van der Waals surface area (Å²) in [5.41, 5.74) is 2.33. The van der Waals surface area contributed by atoms with Crippen LogP contribution in [0, 0.1) is 5.82 Å². The maximum absolute atomic E-state index is 13.8. The summed E-state index contributed by atoms with van der Waals surface area (Å²) in [6.07, 6.45) is 0. The Morgan fingerprint density at radius 1 is 0.833 bits per heavy atom. The number of aromatic nitrogens is 1. The van der Waals surface area contributed by atoms with E-state index in [1.165, 1.54) is 24.3 Å². The van der Waals surface area contributed by atoms with Gasteiger partial charge in [-0.15, -0.1) is 0 Å². The zero-order valence-electron chi connectivity index (χ0n) is 12.4. The van der Waals surface area contributed by atoms with E-state index in [-0.39, 0.29) is 11.1 Å². The van der Waals surface area contributed by atoms with E-state index in [9.17, 15) is 18.7 Å². The predicted octanol–water partition coefficient (Wildman–Crippen LogP) is 3.73. The van der Waals surface area contributed by atoms with Crippen molar-refractivity contribution in [2.75, 3.05) is 0 Å². The number of benzene rings is 3.